The molecule has 0 aliphatic heterocycles. The fraction of sp³-hybridized carbons (Fsp3) is 0.182. The van der Waals surface area contributed by atoms with E-state index in [0.29, 0.717) is 0 Å². The minimum Gasteiger partial charge on any atom is -0.294 e. The van der Waals surface area contributed by atoms with Crippen molar-refractivity contribution in [2.45, 2.75) is 13.8 Å². The van der Waals surface area contributed by atoms with Gasteiger partial charge in [0.2, 0.25) is 0 Å². The summed E-state index contributed by atoms with van der Waals surface area (Å²) in [5.74, 6) is 0. The van der Waals surface area contributed by atoms with Gasteiger partial charge in [-0.15, -0.1) is 22.7 Å². The van der Waals surface area contributed by atoms with Gasteiger partial charge in [0.05, 0.1) is 4.88 Å². The third-order valence-corrected chi connectivity index (χ3v) is 4.36. The van der Waals surface area contributed by atoms with Gasteiger partial charge in [0, 0.05) is 22.1 Å². The molecule has 3 aromatic heterocycles. The van der Waals surface area contributed by atoms with Crippen LogP contribution in [0.3, 0.4) is 0 Å². The molecule has 0 unspecified atom stereocenters. The van der Waals surface area contributed by atoms with Crippen LogP contribution in [-0.2, 0) is 0 Å². The van der Waals surface area contributed by atoms with Crippen LogP contribution in [0.4, 0.5) is 0 Å². The van der Waals surface area contributed by atoms with Crippen molar-refractivity contribution in [3.63, 3.8) is 0 Å². The number of imidazole rings is 1. The maximum absolute atomic E-state index is 4.61. The molecule has 2 nitrogen and oxygen atoms in total. The normalized spacial score (nSPS) is 11.3. The maximum atomic E-state index is 4.61. The fourth-order valence-electron chi connectivity index (χ4n) is 1.58. The zero-order chi connectivity index (χ0) is 10.4. The molecule has 0 aromatic carbocycles. The van der Waals surface area contributed by atoms with E-state index in [2.05, 4.69) is 46.9 Å². The first-order chi connectivity index (χ1) is 7.24. The van der Waals surface area contributed by atoms with Crippen molar-refractivity contribution in [3.8, 4) is 10.6 Å². The van der Waals surface area contributed by atoms with E-state index >= 15 is 0 Å². The Balaban J connectivity index is 2.19. The van der Waals surface area contributed by atoms with E-state index in [0.717, 1.165) is 10.7 Å². The van der Waals surface area contributed by atoms with Gasteiger partial charge in [-0.2, -0.15) is 0 Å². The lowest BCUT2D eigenvalue weighted by molar-refractivity contribution is 1.13. The van der Waals surface area contributed by atoms with E-state index < -0.39 is 0 Å². The average Bonchev–Trinajstić information content (AvgIpc) is 2.84. The van der Waals surface area contributed by atoms with Gasteiger partial charge in [-0.25, -0.2) is 4.98 Å². The van der Waals surface area contributed by atoms with E-state index in [-0.39, 0.29) is 0 Å². The van der Waals surface area contributed by atoms with Crippen LogP contribution in [0.25, 0.3) is 15.5 Å². The number of fused-ring (bicyclic) bond motifs is 1. The van der Waals surface area contributed by atoms with E-state index in [1.807, 2.05) is 0 Å². The van der Waals surface area contributed by atoms with Gasteiger partial charge in [0.15, 0.2) is 4.96 Å². The van der Waals surface area contributed by atoms with Crippen LogP contribution in [0.1, 0.15) is 10.6 Å². The number of aromatic nitrogens is 2. The largest absolute Gasteiger partial charge is 0.294 e. The monoisotopic (exact) mass is 234 g/mol. The summed E-state index contributed by atoms with van der Waals surface area (Å²) < 4.78 is 2.15. The Morgan fingerprint density at radius 2 is 2.13 bits per heavy atom. The molecule has 0 N–H and O–H groups in total. The van der Waals surface area contributed by atoms with Crippen molar-refractivity contribution in [2.75, 3.05) is 0 Å². The number of rotatable bonds is 1. The van der Waals surface area contributed by atoms with Crippen LogP contribution in [0.5, 0.6) is 0 Å². The van der Waals surface area contributed by atoms with E-state index in [4.69, 9.17) is 0 Å². The second kappa shape index (κ2) is 3.18. The number of aryl methyl sites for hydroxylation is 2. The molecule has 3 rings (SSSR count). The number of thiophene rings is 1. The number of hydrogen-bond donors (Lipinski definition) is 0. The van der Waals surface area contributed by atoms with Gasteiger partial charge in [0.1, 0.15) is 5.69 Å². The smallest absolute Gasteiger partial charge is 0.194 e. The molecule has 3 heterocycles. The molecule has 0 fully saturated rings. The van der Waals surface area contributed by atoms with Crippen LogP contribution in [0.15, 0.2) is 23.7 Å². The zero-order valence-corrected chi connectivity index (χ0v) is 10.2. The van der Waals surface area contributed by atoms with Crippen molar-refractivity contribution in [3.05, 3.63) is 34.3 Å². The van der Waals surface area contributed by atoms with Crippen molar-refractivity contribution >= 4 is 27.6 Å². The summed E-state index contributed by atoms with van der Waals surface area (Å²) in [4.78, 5) is 8.27. The Bertz CT molecular complexity index is 615. The predicted octanol–water partition coefficient (Wildman–Crippen LogP) is 3.74. The van der Waals surface area contributed by atoms with Crippen LogP contribution < -0.4 is 0 Å². The highest BCUT2D eigenvalue weighted by Crippen LogP contribution is 2.28. The summed E-state index contributed by atoms with van der Waals surface area (Å²) >= 11 is 3.49. The Morgan fingerprint density at radius 3 is 2.80 bits per heavy atom. The molecule has 0 spiro atoms. The Labute approximate surface area is 95.8 Å². The van der Waals surface area contributed by atoms with Gasteiger partial charge in [0.25, 0.3) is 0 Å². The lowest BCUT2D eigenvalue weighted by Crippen LogP contribution is -1.77. The lowest BCUT2D eigenvalue weighted by atomic mass is 10.4. The maximum Gasteiger partial charge on any atom is 0.194 e. The van der Waals surface area contributed by atoms with Crippen molar-refractivity contribution in [1.29, 1.82) is 0 Å². The van der Waals surface area contributed by atoms with Gasteiger partial charge in [-0.05, 0) is 26.0 Å². The van der Waals surface area contributed by atoms with Crippen LogP contribution >= 0.6 is 22.7 Å². The Kier molecular flexibility index (Phi) is 1.94. The summed E-state index contributed by atoms with van der Waals surface area (Å²) in [5, 5.41) is 2.13. The fourth-order valence-corrected chi connectivity index (χ4v) is 3.26. The summed E-state index contributed by atoms with van der Waals surface area (Å²) in [7, 11) is 0. The number of nitrogens with zero attached hydrogens (tertiary/aromatic N) is 2. The molecule has 76 valence electrons. The quantitative estimate of drug-likeness (QED) is 0.627. The Hall–Kier alpha value is -1.13. The van der Waals surface area contributed by atoms with E-state index in [1.54, 1.807) is 22.7 Å². The minimum absolute atomic E-state index is 1.08. The molecule has 0 aliphatic rings. The highest BCUT2D eigenvalue weighted by molar-refractivity contribution is 7.16. The van der Waals surface area contributed by atoms with E-state index in [1.165, 1.54) is 15.4 Å². The molecule has 0 atom stereocenters. The van der Waals surface area contributed by atoms with Crippen molar-refractivity contribution in [2.24, 2.45) is 0 Å². The zero-order valence-electron chi connectivity index (χ0n) is 8.52. The molecule has 0 saturated heterocycles. The summed E-state index contributed by atoms with van der Waals surface area (Å²) in [6, 6.07) is 4.28. The van der Waals surface area contributed by atoms with Crippen LogP contribution in [0.2, 0.25) is 0 Å². The molecule has 0 amide bonds. The molecule has 0 bridgehead atoms. The summed E-state index contributed by atoms with van der Waals surface area (Å²) in [6.07, 6.45) is 2.12. The first-order valence-corrected chi connectivity index (χ1v) is 6.43. The highest BCUT2D eigenvalue weighted by Gasteiger charge is 2.08. The highest BCUT2D eigenvalue weighted by atomic mass is 32.1. The second-order valence-electron chi connectivity index (χ2n) is 3.57. The minimum atomic E-state index is 1.08. The SMILES string of the molecule is Cc1ccc(-c2cn3c(C)csc3n2)s1. The first kappa shape index (κ1) is 9.12. The molecule has 0 aliphatic carbocycles. The van der Waals surface area contributed by atoms with Crippen LogP contribution in [0, 0.1) is 13.8 Å². The van der Waals surface area contributed by atoms with Gasteiger partial charge < -0.3 is 0 Å². The lowest BCUT2D eigenvalue weighted by Gasteiger charge is -1.87. The topological polar surface area (TPSA) is 17.3 Å². The van der Waals surface area contributed by atoms with Crippen molar-refractivity contribution < 1.29 is 0 Å². The molecule has 0 radical (unpaired) electrons. The third kappa shape index (κ3) is 1.41. The summed E-state index contributed by atoms with van der Waals surface area (Å²) in [6.45, 7) is 4.23. The number of hydrogen-bond acceptors (Lipinski definition) is 3. The van der Waals surface area contributed by atoms with Crippen molar-refractivity contribution in [1.82, 2.24) is 9.38 Å². The second-order valence-corrected chi connectivity index (χ2v) is 5.69. The summed E-state index contributed by atoms with van der Waals surface area (Å²) in [5.41, 5.74) is 2.34. The first-order valence-electron chi connectivity index (χ1n) is 4.74. The van der Waals surface area contributed by atoms with Crippen LogP contribution in [-0.4, -0.2) is 9.38 Å². The average molecular weight is 234 g/mol. The van der Waals surface area contributed by atoms with E-state index in [9.17, 15) is 0 Å². The number of thiazole rings is 1. The standard InChI is InChI=1S/C11H10N2S2/c1-7-6-14-11-12-9(5-13(7)11)10-4-3-8(2)15-10/h3-6H,1-2H3. The predicted molar refractivity (Wildman–Crippen MR) is 65.9 cm³/mol. The Morgan fingerprint density at radius 1 is 1.27 bits per heavy atom. The molecular weight excluding hydrogens is 224 g/mol. The van der Waals surface area contributed by atoms with Gasteiger partial charge >= 0.3 is 0 Å². The molecule has 4 heteroatoms. The molecular formula is C11H10N2S2. The molecule has 0 saturated carbocycles. The molecule has 3 aromatic rings. The van der Waals surface area contributed by atoms with Gasteiger partial charge in [-0.3, -0.25) is 4.40 Å². The molecule has 15 heavy (non-hydrogen) atoms. The third-order valence-electron chi connectivity index (χ3n) is 2.38. The van der Waals surface area contributed by atoms with Gasteiger partial charge in [-0.1, -0.05) is 0 Å².